The number of nitrogens with one attached hydrogen (secondary N) is 1. The van der Waals surface area contributed by atoms with Crippen LogP contribution in [0.15, 0.2) is 16.8 Å². The molecule has 2 aromatic rings. The summed E-state index contributed by atoms with van der Waals surface area (Å²) in [5.41, 5.74) is 2.14. The fourth-order valence-corrected chi connectivity index (χ4v) is 1.78. The van der Waals surface area contributed by atoms with E-state index in [2.05, 4.69) is 28.5 Å². The van der Waals surface area contributed by atoms with Crippen LogP contribution in [0, 0.1) is 13.8 Å². The van der Waals surface area contributed by atoms with E-state index in [1.165, 1.54) is 5.56 Å². The maximum Gasteiger partial charge on any atom is 0.208 e. The zero-order chi connectivity index (χ0) is 13.0. The highest BCUT2D eigenvalue weighted by Crippen LogP contribution is 2.08. The molecule has 0 radical (unpaired) electrons. The van der Waals surface area contributed by atoms with Crippen molar-refractivity contribution in [2.24, 2.45) is 0 Å². The third kappa shape index (κ3) is 3.20. The van der Waals surface area contributed by atoms with Crippen LogP contribution in [-0.2, 0) is 19.6 Å². The topological polar surface area (TPSA) is 55.9 Å². The van der Waals surface area contributed by atoms with E-state index >= 15 is 0 Å². The van der Waals surface area contributed by atoms with Crippen LogP contribution >= 0.6 is 0 Å². The lowest BCUT2D eigenvalue weighted by Gasteiger charge is -1.99. The first kappa shape index (κ1) is 12.8. The maximum atomic E-state index is 5.50. The molecule has 0 unspecified atom stereocenters. The fourth-order valence-electron chi connectivity index (χ4n) is 1.78. The van der Waals surface area contributed by atoms with Gasteiger partial charge in [0.15, 0.2) is 0 Å². The lowest BCUT2D eigenvalue weighted by molar-refractivity contribution is 0.448. The molecule has 98 valence electrons. The third-order valence-corrected chi connectivity index (χ3v) is 2.82. The largest absolute Gasteiger partial charge is 0.444 e. The minimum Gasteiger partial charge on any atom is -0.444 e. The van der Waals surface area contributed by atoms with Gasteiger partial charge in [0.25, 0.3) is 0 Å². The Morgan fingerprint density at radius 1 is 1.33 bits per heavy atom. The Kier molecular flexibility index (Phi) is 4.15. The molecule has 0 spiro atoms. The van der Waals surface area contributed by atoms with Gasteiger partial charge in [-0.25, -0.2) is 4.98 Å². The second-order valence-electron chi connectivity index (χ2n) is 4.46. The van der Waals surface area contributed by atoms with E-state index in [4.69, 9.17) is 4.42 Å². The standard InChI is InChI=1S/C13H20N4O/c1-4-5-17-9-12(7-15-17)6-14-8-13-16-10(2)11(3)18-13/h7,9,14H,4-6,8H2,1-3H3. The van der Waals surface area contributed by atoms with Crippen molar-refractivity contribution in [3.63, 3.8) is 0 Å². The lowest BCUT2D eigenvalue weighted by atomic mass is 10.3. The van der Waals surface area contributed by atoms with Crippen LogP contribution in [0.1, 0.15) is 36.3 Å². The molecule has 0 aromatic carbocycles. The fraction of sp³-hybridized carbons (Fsp3) is 0.538. The Morgan fingerprint density at radius 3 is 2.83 bits per heavy atom. The van der Waals surface area contributed by atoms with Crippen LogP contribution in [-0.4, -0.2) is 14.8 Å². The zero-order valence-corrected chi connectivity index (χ0v) is 11.2. The van der Waals surface area contributed by atoms with Crippen molar-refractivity contribution in [2.75, 3.05) is 0 Å². The first-order chi connectivity index (χ1) is 8.69. The molecule has 0 bridgehead atoms. The second kappa shape index (κ2) is 5.82. The summed E-state index contributed by atoms with van der Waals surface area (Å²) in [7, 11) is 0. The summed E-state index contributed by atoms with van der Waals surface area (Å²) < 4.78 is 7.47. The van der Waals surface area contributed by atoms with Crippen molar-refractivity contribution in [1.82, 2.24) is 20.1 Å². The average molecular weight is 248 g/mol. The van der Waals surface area contributed by atoms with Gasteiger partial charge < -0.3 is 9.73 Å². The Morgan fingerprint density at radius 2 is 2.17 bits per heavy atom. The zero-order valence-electron chi connectivity index (χ0n) is 11.2. The van der Waals surface area contributed by atoms with Gasteiger partial charge in [0.2, 0.25) is 5.89 Å². The highest BCUT2D eigenvalue weighted by molar-refractivity contribution is 5.06. The highest BCUT2D eigenvalue weighted by atomic mass is 16.4. The smallest absolute Gasteiger partial charge is 0.208 e. The molecule has 2 heterocycles. The van der Waals surface area contributed by atoms with E-state index in [0.717, 1.165) is 36.9 Å². The predicted molar refractivity (Wildman–Crippen MR) is 69.0 cm³/mol. The summed E-state index contributed by atoms with van der Waals surface area (Å²) in [6.45, 7) is 8.43. The summed E-state index contributed by atoms with van der Waals surface area (Å²) in [5.74, 6) is 1.63. The summed E-state index contributed by atoms with van der Waals surface area (Å²) in [4.78, 5) is 4.33. The van der Waals surface area contributed by atoms with Gasteiger partial charge in [0.05, 0.1) is 18.4 Å². The van der Waals surface area contributed by atoms with Gasteiger partial charge in [0.1, 0.15) is 5.76 Å². The number of hydrogen-bond donors (Lipinski definition) is 1. The van der Waals surface area contributed by atoms with Gasteiger partial charge in [0, 0.05) is 24.8 Å². The molecule has 0 saturated heterocycles. The molecule has 0 aliphatic rings. The molecule has 5 heteroatoms. The van der Waals surface area contributed by atoms with E-state index < -0.39 is 0 Å². The molecular formula is C13H20N4O. The van der Waals surface area contributed by atoms with Crippen molar-refractivity contribution in [3.8, 4) is 0 Å². The van der Waals surface area contributed by atoms with Crippen molar-refractivity contribution in [3.05, 3.63) is 35.3 Å². The molecule has 0 amide bonds. The van der Waals surface area contributed by atoms with Gasteiger partial charge in [-0.05, 0) is 20.3 Å². The molecule has 0 aliphatic heterocycles. The van der Waals surface area contributed by atoms with E-state index in [1.807, 2.05) is 24.7 Å². The normalized spacial score (nSPS) is 11.1. The number of rotatable bonds is 6. The van der Waals surface area contributed by atoms with Crippen molar-refractivity contribution < 1.29 is 4.42 Å². The van der Waals surface area contributed by atoms with Crippen LogP contribution in [0.5, 0.6) is 0 Å². The minimum atomic E-state index is 0.646. The third-order valence-electron chi connectivity index (χ3n) is 2.82. The van der Waals surface area contributed by atoms with Crippen LogP contribution in [0.4, 0.5) is 0 Å². The van der Waals surface area contributed by atoms with E-state index in [0.29, 0.717) is 6.54 Å². The first-order valence-corrected chi connectivity index (χ1v) is 6.34. The molecule has 0 aliphatic carbocycles. The molecule has 0 fully saturated rings. The number of hydrogen-bond acceptors (Lipinski definition) is 4. The number of nitrogens with zero attached hydrogens (tertiary/aromatic N) is 3. The molecule has 0 saturated carbocycles. The number of oxazole rings is 1. The Balaban J connectivity index is 1.80. The Hall–Kier alpha value is -1.62. The van der Waals surface area contributed by atoms with E-state index in [9.17, 15) is 0 Å². The van der Waals surface area contributed by atoms with Gasteiger partial charge in [-0.1, -0.05) is 6.92 Å². The van der Waals surface area contributed by atoms with Crippen LogP contribution in [0.25, 0.3) is 0 Å². The van der Waals surface area contributed by atoms with Gasteiger partial charge in [-0.2, -0.15) is 5.10 Å². The second-order valence-corrected chi connectivity index (χ2v) is 4.46. The highest BCUT2D eigenvalue weighted by Gasteiger charge is 2.05. The van der Waals surface area contributed by atoms with E-state index in [1.54, 1.807) is 0 Å². The quantitative estimate of drug-likeness (QED) is 0.851. The van der Waals surface area contributed by atoms with E-state index in [-0.39, 0.29) is 0 Å². The first-order valence-electron chi connectivity index (χ1n) is 6.34. The number of aryl methyl sites for hydroxylation is 3. The monoisotopic (exact) mass is 248 g/mol. The predicted octanol–water partition coefficient (Wildman–Crippen LogP) is 2.19. The molecule has 0 atom stereocenters. The van der Waals surface area contributed by atoms with Crippen molar-refractivity contribution in [1.29, 1.82) is 0 Å². The summed E-state index contributed by atoms with van der Waals surface area (Å²) in [5, 5.41) is 7.59. The Bertz CT molecular complexity index is 481. The maximum absolute atomic E-state index is 5.50. The SMILES string of the molecule is CCCn1cc(CNCc2nc(C)c(C)o2)cn1. The van der Waals surface area contributed by atoms with Crippen molar-refractivity contribution in [2.45, 2.75) is 46.8 Å². The van der Waals surface area contributed by atoms with Gasteiger partial charge in [-0.3, -0.25) is 4.68 Å². The average Bonchev–Trinajstić information content (AvgIpc) is 2.88. The van der Waals surface area contributed by atoms with Crippen LogP contribution < -0.4 is 5.32 Å². The molecule has 2 rings (SSSR count). The van der Waals surface area contributed by atoms with Crippen molar-refractivity contribution >= 4 is 0 Å². The van der Waals surface area contributed by atoms with Gasteiger partial charge >= 0.3 is 0 Å². The molecule has 18 heavy (non-hydrogen) atoms. The molecular weight excluding hydrogens is 228 g/mol. The summed E-state index contributed by atoms with van der Waals surface area (Å²) in [6, 6.07) is 0. The molecule has 2 aromatic heterocycles. The molecule has 5 nitrogen and oxygen atoms in total. The summed E-state index contributed by atoms with van der Waals surface area (Å²) in [6.07, 6.45) is 5.07. The molecule has 1 N–H and O–H groups in total. The van der Waals surface area contributed by atoms with Crippen LogP contribution in [0.3, 0.4) is 0 Å². The van der Waals surface area contributed by atoms with Crippen LogP contribution in [0.2, 0.25) is 0 Å². The number of aromatic nitrogens is 3. The van der Waals surface area contributed by atoms with Gasteiger partial charge in [-0.15, -0.1) is 0 Å². The lowest BCUT2D eigenvalue weighted by Crippen LogP contribution is -2.12. The Labute approximate surface area is 107 Å². The minimum absolute atomic E-state index is 0.646. The summed E-state index contributed by atoms with van der Waals surface area (Å²) >= 11 is 0.